The van der Waals surface area contributed by atoms with E-state index in [1.165, 1.54) is 11.1 Å². The van der Waals surface area contributed by atoms with Crippen LogP contribution in [0.4, 0.5) is 5.69 Å². The average molecular weight is 251 g/mol. The molecule has 2 nitrogen and oxygen atoms in total. The number of carbonyl (C=O) groups excluding carboxylic acids is 1. The normalized spacial score (nSPS) is 17.4. The van der Waals surface area contributed by atoms with Gasteiger partial charge >= 0.3 is 0 Å². The first-order valence-corrected chi connectivity index (χ1v) is 6.65. The summed E-state index contributed by atoms with van der Waals surface area (Å²) in [5, 5.41) is 0. The van der Waals surface area contributed by atoms with Gasteiger partial charge in [0.15, 0.2) is 0 Å². The Hall–Kier alpha value is -2.09. The molecule has 1 aliphatic rings. The van der Waals surface area contributed by atoms with Crippen molar-refractivity contribution in [3.05, 3.63) is 65.2 Å². The molecule has 0 fully saturated rings. The molecule has 1 amide bonds. The van der Waals surface area contributed by atoms with Crippen LogP contribution in [0.1, 0.15) is 28.4 Å². The molecule has 96 valence electrons. The number of aryl methyl sites for hydroxylation is 1. The summed E-state index contributed by atoms with van der Waals surface area (Å²) in [7, 11) is 0. The van der Waals surface area contributed by atoms with Crippen LogP contribution in [0.2, 0.25) is 0 Å². The summed E-state index contributed by atoms with van der Waals surface area (Å²) < 4.78 is 0. The highest BCUT2D eigenvalue weighted by molar-refractivity contribution is 6.07. The van der Waals surface area contributed by atoms with Gasteiger partial charge in [0, 0.05) is 17.3 Å². The third kappa shape index (κ3) is 2.03. The van der Waals surface area contributed by atoms with Crippen LogP contribution in [0.25, 0.3) is 0 Å². The largest absolute Gasteiger partial charge is 0.305 e. The molecule has 1 aliphatic heterocycles. The van der Waals surface area contributed by atoms with E-state index in [4.69, 9.17) is 0 Å². The van der Waals surface area contributed by atoms with Crippen molar-refractivity contribution in [3.8, 4) is 0 Å². The molecule has 2 aromatic carbocycles. The summed E-state index contributed by atoms with van der Waals surface area (Å²) in [4.78, 5) is 14.6. The number of nitrogens with zero attached hydrogens (tertiary/aromatic N) is 1. The van der Waals surface area contributed by atoms with Crippen LogP contribution in [-0.4, -0.2) is 11.9 Å². The van der Waals surface area contributed by atoms with E-state index in [1.54, 1.807) is 0 Å². The van der Waals surface area contributed by atoms with Crippen molar-refractivity contribution in [3.63, 3.8) is 0 Å². The molecular formula is C17H17NO. The Bertz CT molecular complexity index is 615. The molecule has 0 radical (unpaired) electrons. The van der Waals surface area contributed by atoms with E-state index in [0.717, 1.165) is 17.7 Å². The van der Waals surface area contributed by atoms with Crippen LogP contribution in [0.3, 0.4) is 0 Å². The molecule has 19 heavy (non-hydrogen) atoms. The molecule has 0 saturated heterocycles. The third-order valence-corrected chi connectivity index (χ3v) is 3.72. The average Bonchev–Trinajstić information content (AvgIpc) is 2.74. The monoisotopic (exact) mass is 251 g/mol. The first-order chi connectivity index (χ1) is 9.16. The van der Waals surface area contributed by atoms with E-state index in [-0.39, 0.29) is 11.9 Å². The molecule has 0 saturated carbocycles. The summed E-state index contributed by atoms with van der Waals surface area (Å²) in [6.07, 6.45) is 0.938. The maximum absolute atomic E-state index is 12.7. The molecule has 0 N–H and O–H groups in total. The first kappa shape index (κ1) is 12.0. The molecule has 0 bridgehead atoms. The van der Waals surface area contributed by atoms with Gasteiger partial charge < -0.3 is 4.90 Å². The standard InChI is InChI=1S/C17H17NO/c1-12-7-9-14(10-8-12)17(19)18-13(2)11-15-5-3-4-6-16(15)18/h3-10,13H,11H2,1-2H3/t13-/m0/s1. The van der Waals surface area contributed by atoms with E-state index >= 15 is 0 Å². The van der Waals surface area contributed by atoms with Gasteiger partial charge in [0.25, 0.3) is 5.91 Å². The van der Waals surface area contributed by atoms with Gasteiger partial charge in [-0.1, -0.05) is 35.9 Å². The zero-order chi connectivity index (χ0) is 13.4. The molecular weight excluding hydrogens is 234 g/mol. The van der Waals surface area contributed by atoms with Crippen molar-refractivity contribution in [2.75, 3.05) is 4.90 Å². The SMILES string of the molecule is Cc1ccc(C(=O)N2c3ccccc3C[C@@H]2C)cc1. The second kappa shape index (κ2) is 4.54. The number of hydrogen-bond acceptors (Lipinski definition) is 1. The number of para-hydroxylation sites is 1. The lowest BCUT2D eigenvalue weighted by atomic mass is 10.1. The Balaban J connectivity index is 1.98. The number of hydrogen-bond donors (Lipinski definition) is 0. The van der Waals surface area contributed by atoms with Gasteiger partial charge in [0.05, 0.1) is 0 Å². The van der Waals surface area contributed by atoms with Crippen LogP contribution in [0.15, 0.2) is 48.5 Å². The van der Waals surface area contributed by atoms with E-state index in [0.29, 0.717) is 0 Å². The van der Waals surface area contributed by atoms with Gasteiger partial charge in [-0.25, -0.2) is 0 Å². The Kier molecular flexibility index (Phi) is 2.86. The lowest BCUT2D eigenvalue weighted by Gasteiger charge is -2.22. The molecule has 1 heterocycles. The van der Waals surface area contributed by atoms with Crippen molar-refractivity contribution in [2.24, 2.45) is 0 Å². The molecule has 2 heteroatoms. The zero-order valence-corrected chi connectivity index (χ0v) is 11.3. The minimum Gasteiger partial charge on any atom is -0.305 e. The molecule has 3 rings (SSSR count). The van der Waals surface area contributed by atoms with Crippen LogP contribution in [0, 0.1) is 6.92 Å². The van der Waals surface area contributed by atoms with Crippen molar-refractivity contribution in [1.29, 1.82) is 0 Å². The molecule has 1 atom stereocenters. The quantitative estimate of drug-likeness (QED) is 0.758. The van der Waals surface area contributed by atoms with Crippen molar-refractivity contribution >= 4 is 11.6 Å². The Morgan fingerprint density at radius 3 is 2.53 bits per heavy atom. The first-order valence-electron chi connectivity index (χ1n) is 6.65. The third-order valence-electron chi connectivity index (χ3n) is 3.72. The topological polar surface area (TPSA) is 20.3 Å². The highest BCUT2D eigenvalue weighted by Crippen LogP contribution is 2.32. The summed E-state index contributed by atoms with van der Waals surface area (Å²) >= 11 is 0. The fourth-order valence-corrected chi connectivity index (χ4v) is 2.71. The second-order valence-corrected chi connectivity index (χ2v) is 5.22. The highest BCUT2D eigenvalue weighted by atomic mass is 16.2. The minimum absolute atomic E-state index is 0.0949. The number of amides is 1. The van der Waals surface area contributed by atoms with Gasteiger partial charge in [-0.2, -0.15) is 0 Å². The lowest BCUT2D eigenvalue weighted by Crippen LogP contribution is -2.35. The van der Waals surface area contributed by atoms with Gasteiger partial charge in [-0.15, -0.1) is 0 Å². The lowest BCUT2D eigenvalue weighted by molar-refractivity contribution is 0.0981. The maximum atomic E-state index is 12.7. The van der Waals surface area contributed by atoms with E-state index in [9.17, 15) is 4.79 Å². The van der Waals surface area contributed by atoms with E-state index in [1.807, 2.05) is 54.3 Å². The smallest absolute Gasteiger partial charge is 0.258 e. The Morgan fingerprint density at radius 1 is 1.11 bits per heavy atom. The zero-order valence-electron chi connectivity index (χ0n) is 11.3. The van der Waals surface area contributed by atoms with Gasteiger partial charge in [-0.3, -0.25) is 4.79 Å². The molecule has 0 spiro atoms. The minimum atomic E-state index is 0.0949. The summed E-state index contributed by atoms with van der Waals surface area (Å²) in [6.45, 7) is 4.13. The predicted octanol–water partition coefficient (Wildman–Crippen LogP) is 3.59. The van der Waals surface area contributed by atoms with Gasteiger partial charge in [-0.05, 0) is 44.0 Å². The summed E-state index contributed by atoms with van der Waals surface area (Å²) in [5.41, 5.74) is 4.25. The van der Waals surface area contributed by atoms with Gasteiger partial charge in [0.1, 0.15) is 0 Å². The van der Waals surface area contributed by atoms with Crippen molar-refractivity contribution < 1.29 is 4.79 Å². The Morgan fingerprint density at radius 2 is 1.79 bits per heavy atom. The van der Waals surface area contributed by atoms with Gasteiger partial charge in [0.2, 0.25) is 0 Å². The van der Waals surface area contributed by atoms with Crippen molar-refractivity contribution in [2.45, 2.75) is 26.3 Å². The summed E-state index contributed by atoms with van der Waals surface area (Å²) in [5.74, 6) is 0.0949. The number of carbonyl (C=O) groups is 1. The fraction of sp³-hybridized carbons (Fsp3) is 0.235. The second-order valence-electron chi connectivity index (χ2n) is 5.22. The van der Waals surface area contributed by atoms with Crippen LogP contribution in [-0.2, 0) is 6.42 Å². The number of fused-ring (bicyclic) bond motifs is 1. The highest BCUT2D eigenvalue weighted by Gasteiger charge is 2.30. The van der Waals surface area contributed by atoms with E-state index < -0.39 is 0 Å². The molecule has 0 unspecified atom stereocenters. The van der Waals surface area contributed by atoms with Crippen LogP contribution < -0.4 is 4.90 Å². The number of rotatable bonds is 1. The van der Waals surface area contributed by atoms with Crippen LogP contribution >= 0.6 is 0 Å². The van der Waals surface area contributed by atoms with Crippen LogP contribution in [0.5, 0.6) is 0 Å². The predicted molar refractivity (Wildman–Crippen MR) is 77.6 cm³/mol. The molecule has 2 aromatic rings. The number of benzene rings is 2. The summed E-state index contributed by atoms with van der Waals surface area (Å²) in [6, 6.07) is 16.2. The fourth-order valence-electron chi connectivity index (χ4n) is 2.71. The van der Waals surface area contributed by atoms with Crippen molar-refractivity contribution in [1.82, 2.24) is 0 Å². The Labute approximate surface area is 113 Å². The molecule has 0 aromatic heterocycles. The molecule has 0 aliphatic carbocycles. The maximum Gasteiger partial charge on any atom is 0.258 e. The van der Waals surface area contributed by atoms with E-state index in [2.05, 4.69) is 13.0 Å². The number of anilines is 1.